The van der Waals surface area contributed by atoms with Crippen molar-refractivity contribution in [3.8, 4) is 0 Å². The maximum atomic E-state index is 3.89. The van der Waals surface area contributed by atoms with Gasteiger partial charge in [0.05, 0.1) is 5.03 Å². The van der Waals surface area contributed by atoms with Gasteiger partial charge in [-0.15, -0.1) is 11.8 Å². The average molecular weight is 127 g/mol. The fraction of sp³-hybridized carbons (Fsp3) is 0.167. The van der Waals surface area contributed by atoms with E-state index in [1.165, 1.54) is 11.8 Å². The zero-order chi connectivity index (χ0) is 6.41. The Hall–Kier alpha value is -0.500. The van der Waals surface area contributed by atoms with Crippen molar-refractivity contribution in [3.05, 3.63) is 24.3 Å². The van der Waals surface area contributed by atoms with Crippen LogP contribution in [0.5, 0.6) is 0 Å². The van der Waals surface area contributed by atoms with Crippen LogP contribution < -0.4 is 0 Å². The molecule has 8 heavy (non-hydrogen) atoms. The van der Waals surface area contributed by atoms with E-state index in [-0.39, 0.29) is 0 Å². The molecule has 0 saturated carbocycles. The lowest BCUT2D eigenvalue weighted by Gasteiger charge is -1.86. The summed E-state index contributed by atoms with van der Waals surface area (Å²) >= 11 is 1.52. The van der Waals surface area contributed by atoms with Crippen molar-refractivity contribution in [2.45, 2.75) is 0 Å². The summed E-state index contributed by atoms with van der Waals surface area (Å²) in [5, 5.41) is 0.810. The monoisotopic (exact) mass is 127 g/mol. The predicted octanol–water partition coefficient (Wildman–Crippen LogP) is 2.08. The molecule has 0 aromatic carbocycles. The van der Waals surface area contributed by atoms with Crippen LogP contribution in [0.2, 0.25) is 0 Å². The molecule has 1 nitrogen and oxygen atoms in total. The lowest BCUT2D eigenvalue weighted by molar-refractivity contribution is 1.58. The van der Waals surface area contributed by atoms with Crippen LogP contribution in [-0.4, -0.2) is 12.5 Å². The molecule has 0 heterocycles. The molecule has 0 aliphatic carbocycles. The number of nitrogens with zero attached hydrogens (tertiary/aromatic N) is 1. The molecule has 0 atom stereocenters. The highest BCUT2D eigenvalue weighted by Crippen LogP contribution is 2.07. The van der Waals surface area contributed by atoms with E-state index in [2.05, 4.69) is 18.2 Å². The lowest BCUT2D eigenvalue weighted by Crippen LogP contribution is -1.64. The molecule has 0 spiro atoms. The van der Waals surface area contributed by atoms with Gasteiger partial charge in [-0.3, -0.25) is 4.99 Å². The molecule has 0 aliphatic heterocycles. The summed E-state index contributed by atoms with van der Waals surface area (Å²) in [5.74, 6) is 0. The number of hydrogen-bond acceptors (Lipinski definition) is 2. The molecule has 0 N–H and O–H groups in total. The van der Waals surface area contributed by atoms with Crippen LogP contribution in [0.25, 0.3) is 0 Å². The van der Waals surface area contributed by atoms with Gasteiger partial charge in [0.1, 0.15) is 0 Å². The summed E-state index contributed by atoms with van der Waals surface area (Å²) in [6, 6.07) is 0. The predicted molar refractivity (Wildman–Crippen MR) is 41.3 cm³/mol. The Morgan fingerprint density at radius 3 is 2.75 bits per heavy atom. The fourth-order valence-corrected chi connectivity index (χ4v) is 0.355. The Bertz CT molecular complexity index is 116. The molecule has 0 unspecified atom stereocenters. The maximum absolute atomic E-state index is 3.89. The Morgan fingerprint density at radius 2 is 2.38 bits per heavy atom. The number of hydrogen-bond donors (Lipinski definition) is 0. The van der Waals surface area contributed by atoms with Crippen LogP contribution in [0.15, 0.2) is 29.3 Å². The zero-order valence-electron chi connectivity index (χ0n) is 4.92. The minimum Gasteiger partial charge on any atom is -0.251 e. The van der Waals surface area contributed by atoms with Gasteiger partial charge >= 0.3 is 0 Å². The van der Waals surface area contributed by atoms with Crippen LogP contribution in [-0.2, 0) is 0 Å². The topological polar surface area (TPSA) is 12.4 Å². The lowest BCUT2D eigenvalue weighted by atomic mass is 10.7. The first-order chi connectivity index (χ1) is 3.81. The first kappa shape index (κ1) is 7.50. The minimum absolute atomic E-state index is 0.810. The third kappa shape index (κ3) is 3.68. The highest BCUT2D eigenvalue weighted by Gasteiger charge is 1.77. The van der Waals surface area contributed by atoms with Crippen LogP contribution in [0.3, 0.4) is 0 Å². The van der Waals surface area contributed by atoms with Gasteiger partial charge in [0.2, 0.25) is 0 Å². The Kier molecular flexibility index (Phi) is 4.36. The molecule has 0 bridgehead atoms. The molecule has 44 valence electrons. The molecule has 2 heteroatoms. The van der Waals surface area contributed by atoms with E-state index < -0.39 is 0 Å². The smallest absolute Gasteiger partial charge is 0.0885 e. The van der Waals surface area contributed by atoms with E-state index in [9.17, 15) is 0 Å². The molecule has 0 amide bonds. The third-order valence-corrected chi connectivity index (χ3v) is 1.14. The SMILES string of the molecule is C=CC=NC(=C)SC. The second-order valence-electron chi connectivity index (χ2n) is 1.11. The number of thioether (sulfide) groups is 1. The van der Waals surface area contributed by atoms with Gasteiger partial charge in [0.25, 0.3) is 0 Å². The van der Waals surface area contributed by atoms with E-state index in [1.54, 1.807) is 12.3 Å². The molecular formula is C6H9NS. The summed E-state index contributed by atoms with van der Waals surface area (Å²) in [6.45, 7) is 7.10. The number of aliphatic imine (C=N–C) groups is 1. The van der Waals surface area contributed by atoms with Crippen molar-refractivity contribution in [1.82, 2.24) is 0 Å². The maximum Gasteiger partial charge on any atom is 0.0885 e. The van der Waals surface area contributed by atoms with Gasteiger partial charge in [0.15, 0.2) is 0 Å². The average Bonchev–Trinajstić information content (AvgIpc) is 1.83. The second kappa shape index (κ2) is 4.65. The fourth-order valence-electron chi connectivity index (χ4n) is 0.189. The van der Waals surface area contributed by atoms with E-state index >= 15 is 0 Å². The molecule has 0 saturated heterocycles. The molecule has 0 aromatic heterocycles. The van der Waals surface area contributed by atoms with Crippen LogP contribution in [0, 0.1) is 0 Å². The molecule has 0 radical (unpaired) electrons. The van der Waals surface area contributed by atoms with Gasteiger partial charge in [0, 0.05) is 6.21 Å². The van der Waals surface area contributed by atoms with Crippen LogP contribution in [0.4, 0.5) is 0 Å². The standard InChI is InChI=1S/C6H9NS/c1-4-5-7-6(2)8-3/h4-5H,1-2H2,3H3. The Morgan fingerprint density at radius 1 is 1.75 bits per heavy atom. The van der Waals surface area contributed by atoms with Gasteiger partial charge in [-0.25, -0.2) is 0 Å². The third-order valence-electron chi connectivity index (χ3n) is 0.560. The molecular weight excluding hydrogens is 118 g/mol. The highest BCUT2D eigenvalue weighted by atomic mass is 32.2. The Labute approximate surface area is 54.2 Å². The molecule has 0 rings (SSSR count). The quantitative estimate of drug-likeness (QED) is 0.529. The van der Waals surface area contributed by atoms with Gasteiger partial charge in [-0.2, -0.15) is 0 Å². The first-order valence-electron chi connectivity index (χ1n) is 2.19. The largest absolute Gasteiger partial charge is 0.251 e. The Balaban J connectivity index is 3.52. The van der Waals surface area contributed by atoms with Gasteiger partial charge < -0.3 is 0 Å². The van der Waals surface area contributed by atoms with Crippen molar-refractivity contribution in [2.75, 3.05) is 6.26 Å². The molecule has 0 aliphatic rings. The molecule has 0 aromatic rings. The van der Waals surface area contributed by atoms with Crippen molar-refractivity contribution in [3.63, 3.8) is 0 Å². The molecule has 0 fully saturated rings. The van der Waals surface area contributed by atoms with E-state index in [4.69, 9.17) is 0 Å². The van der Waals surface area contributed by atoms with Crippen molar-refractivity contribution in [1.29, 1.82) is 0 Å². The second-order valence-corrected chi connectivity index (χ2v) is 1.99. The van der Waals surface area contributed by atoms with E-state index in [1.807, 2.05) is 6.26 Å². The highest BCUT2D eigenvalue weighted by molar-refractivity contribution is 8.02. The minimum atomic E-state index is 0.810. The van der Waals surface area contributed by atoms with Crippen molar-refractivity contribution in [2.24, 2.45) is 4.99 Å². The van der Waals surface area contributed by atoms with Gasteiger partial charge in [-0.1, -0.05) is 19.2 Å². The zero-order valence-corrected chi connectivity index (χ0v) is 5.74. The summed E-state index contributed by atoms with van der Waals surface area (Å²) in [7, 11) is 0. The normalized spacial score (nSPS) is 9.62. The van der Waals surface area contributed by atoms with Gasteiger partial charge in [-0.05, 0) is 6.26 Å². The summed E-state index contributed by atoms with van der Waals surface area (Å²) in [4.78, 5) is 3.89. The summed E-state index contributed by atoms with van der Waals surface area (Å²) < 4.78 is 0. The van der Waals surface area contributed by atoms with Crippen LogP contribution in [0.1, 0.15) is 0 Å². The number of rotatable bonds is 3. The van der Waals surface area contributed by atoms with Crippen LogP contribution >= 0.6 is 11.8 Å². The van der Waals surface area contributed by atoms with E-state index in [0.29, 0.717) is 0 Å². The summed E-state index contributed by atoms with van der Waals surface area (Å²) in [5.41, 5.74) is 0. The number of allylic oxidation sites excluding steroid dienone is 1. The van der Waals surface area contributed by atoms with E-state index in [0.717, 1.165) is 5.03 Å². The first-order valence-corrected chi connectivity index (χ1v) is 3.41. The van der Waals surface area contributed by atoms with Crippen molar-refractivity contribution < 1.29 is 0 Å². The summed E-state index contributed by atoms with van der Waals surface area (Å²) in [6.07, 6.45) is 5.18. The van der Waals surface area contributed by atoms with Crippen molar-refractivity contribution >= 4 is 18.0 Å².